The number of halogens is 1. The Hall–Kier alpha value is -2.17. The van der Waals surface area contributed by atoms with Crippen molar-refractivity contribution < 1.29 is 13.5 Å². The van der Waals surface area contributed by atoms with Crippen LogP contribution >= 0.6 is 11.6 Å². The summed E-state index contributed by atoms with van der Waals surface area (Å²) in [5, 5.41) is 10.5. The van der Waals surface area contributed by atoms with E-state index in [1.165, 1.54) is 0 Å². The molecule has 1 aliphatic heterocycles. The molecule has 1 unspecified atom stereocenters. The zero-order valence-electron chi connectivity index (χ0n) is 15.2. The number of hydrogen-bond acceptors (Lipinski definition) is 3. The van der Waals surface area contributed by atoms with E-state index < -0.39 is 16.9 Å². The van der Waals surface area contributed by atoms with Crippen molar-refractivity contribution in [3.8, 4) is 11.8 Å². The van der Waals surface area contributed by atoms with Crippen LogP contribution in [0.3, 0.4) is 0 Å². The minimum absolute atomic E-state index is 0.227. The molecule has 2 aromatic rings. The van der Waals surface area contributed by atoms with Gasteiger partial charge in [-0.2, -0.15) is 5.26 Å². The molecular weight excluding hydrogens is 384 g/mol. The van der Waals surface area contributed by atoms with Crippen LogP contribution in [0.4, 0.5) is 0 Å². The van der Waals surface area contributed by atoms with Crippen LogP contribution in [0.15, 0.2) is 42.0 Å². The summed E-state index contributed by atoms with van der Waals surface area (Å²) < 4.78 is 28.3. The average Bonchev–Trinajstić information content (AvgIpc) is 2.60. The van der Waals surface area contributed by atoms with E-state index in [1.54, 1.807) is 0 Å². The molecule has 5 nitrogen and oxygen atoms in total. The first-order valence-electron chi connectivity index (χ1n) is 8.31. The van der Waals surface area contributed by atoms with Crippen molar-refractivity contribution in [1.29, 1.82) is 5.26 Å². The second-order valence-corrected chi connectivity index (χ2v) is 8.03. The van der Waals surface area contributed by atoms with Crippen LogP contribution in [0.2, 0.25) is 5.02 Å². The topological polar surface area (TPSA) is 82.3 Å². The Morgan fingerprint density at radius 1 is 1.30 bits per heavy atom. The quantitative estimate of drug-likeness (QED) is 0.744. The normalized spacial score (nSPS) is 16.3. The number of benzene rings is 2. The lowest BCUT2D eigenvalue weighted by atomic mass is 9.82. The van der Waals surface area contributed by atoms with Crippen LogP contribution in [0.1, 0.15) is 36.1 Å². The molecule has 0 spiro atoms. The van der Waals surface area contributed by atoms with Gasteiger partial charge >= 0.3 is 0 Å². The Kier molecular flexibility index (Phi) is 5.41. The lowest BCUT2D eigenvalue weighted by Crippen LogP contribution is -2.34. The summed E-state index contributed by atoms with van der Waals surface area (Å²) in [6.07, 6.45) is 0. The van der Waals surface area contributed by atoms with Gasteiger partial charge in [0.2, 0.25) is 11.3 Å². The molecule has 0 radical (unpaired) electrons. The average molecular weight is 403 g/mol. The highest BCUT2D eigenvalue weighted by Gasteiger charge is 2.36. The minimum atomic E-state index is -2.09. The number of aryl methyl sites for hydroxylation is 1. The fourth-order valence-corrected chi connectivity index (χ4v) is 3.57. The van der Waals surface area contributed by atoms with E-state index in [1.807, 2.05) is 57.2 Å². The second-order valence-electron chi connectivity index (χ2n) is 6.84. The van der Waals surface area contributed by atoms with Crippen LogP contribution in [0.5, 0.6) is 5.75 Å². The number of hydrogen-bond donors (Lipinski definition) is 2. The van der Waals surface area contributed by atoms with E-state index in [4.69, 9.17) is 20.9 Å². The van der Waals surface area contributed by atoms with Crippen molar-refractivity contribution in [1.82, 2.24) is 4.72 Å². The maximum atomic E-state index is 10.9. The number of nitriles is 1. The first kappa shape index (κ1) is 19.6. The lowest BCUT2D eigenvalue weighted by Gasteiger charge is -2.34. The predicted octanol–water partition coefficient (Wildman–Crippen LogP) is 4.37. The van der Waals surface area contributed by atoms with Gasteiger partial charge in [-0.15, -0.1) is 0 Å². The van der Waals surface area contributed by atoms with Crippen molar-refractivity contribution in [3.63, 3.8) is 0 Å². The van der Waals surface area contributed by atoms with E-state index in [9.17, 15) is 9.47 Å². The molecule has 0 amide bonds. The first-order valence-corrected chi connectivity index (χ1v) is 9.79. The van der Waals surface area contributed by atoms with Crippen molar-refractivity contribution in [3.05, 3.63) is 69.2 Å². The van der Waals surface area contributed by atoms with E-state index >= 15 is 0 Å². The summed E-state index contributed by atoms with van der Waals surface area (Å²) in [7, 11) is 0. The number of nitrogens with zero attached hydrogens (tertiary/aromatic N) is 1. The highest BCUT2D eigenvalue weighted by Crippen LogP contribution is 2.44. The van der Waals surface area contributed by atoms with E-state index in [2.05, 4.69) is 10.8 Å². The Labute approximate surface area is 166 Å². The summed E-state index contributed by atoms with van der Waals surface area (Å²) in [5.41, 5.74) is 3.98. The van der Waals surface area contributed by atoms with Crippen LogP contribution < -0.4 is 9.46 Å². The van der Waals surface area contributed by atoms with Crippen LogP contribution in [-0.2, 0) is 17.8 Å². The number of rotatable bonds is 4. The van der Waals surface area contributed by atoms with Gasteiger partial charge in [0.15, 0.2) is 0 Å². The molecule has 7 heteroatoms. The SMILES string of the molecule is Cc1cc(C2=C(C#N)C(C)(C)Oc3cc(CNS(=O)O)ccc32)ccc1Cl. The van der Waals surface area contributed by atoms with Crippen LogP contribution in [0.25, 0.3) is 5.57 Å². The fraction of sp³-hybridized carbons (Fsp3) is 0.250. The Morgan fingerprint density at radius 2 is 2.04 bits per heavy atom. The highest BCUT2D eigenvalue weighted by atomic mass is 35.5. The monoisotopic (exact) mass is 402 g/mol. The Balaban J connectivity index is 2.18. The largest absolute Gasteiger partial charge is 0.482 e. The molecule has 0 fully saturated rings. The molecule has 0 saturated heterocycles. The predicted molar refractivity (Wildman–Crippen MR) is 107 cm³/mol. The zero-order valence-corrected chi connectivity index (χ0v) is 16.7. The molecule has 2 N–H and O–H groups in total. The van der Waals surface area contributed by atoms with Gasteiger partial charge in [0.05, 0.1) is 11.6 Å². The van der Waals surface area contributed by atoms with Gasteiger partial charge in [0, 0.05) is 22.7 Å². The number of ether oxygens (including phenoxy) is 1. The summed E-state index contributed by atoms with van der Waals surface area (Å²) in [4.78, 5) is 0. The molecule has 0 saturated carbocycles. The molecule has 27 heavy (non-hydrogen) atoms. The number of nitrogens with one attached hydrogen (secondary N) is 1. The summed E-state index contributed by atoms with van der Waals surface area (Å²) >= 11 is 4.08. The molecule has 140 valence electrons. The Bertz CT molecular complexity index is 1010. The standard InChI is InChI=1S/C20H19ClN2O3S/c1-12-8-14(5-7-17(12)21)19-15-6-4-13(11-23-27(24)25)9-18(15)26-20(2,3)16(19)10-22/h4-9,23H,11H2,1-3H3,(H,24,25). The van der Waals surface area contributed by atoms with Crippen molar-refractivity contribution >= 4 is 28.4 Å². The van der Waals surface area contributed by atoms with Gasteiger partial charge < -0.3 is 4.74 Å². The molecule has 2 aromatic carbocycles. The lowest BCUT2D eigenvalue weighted by molar-refractivity contribution is 0.149. The van der Waals surface area contributed by atoms with Gasteiger partial charge in [0.25, 0.3) is 0 Å². The fourth-order valence-electron chi connectivity index (χ4n) is 3.16. The van der Waals surface area contributed by atoms with Crippen LogP contribution in [0, 0.1) is 18.3 Å². The van der Waals surface area contributed by atoms with Gasteiger partial charge in [-0.25, -0.2) is 8.93 Å². The van der Waals surface area contributed by atoms with Gasteiger partial charge in [-0.05, 0) is 55.7 Å². The molecular formula is C20H19ClN2O3S. The minimum Gasteiger partial charge on any atom is -0.482 e. The highest BCUT2D eigenvalue weighted by molar-refractivity contribution is 7.77. The van der Waals surface area contributed by atoms with Crippen molar-refractivity contribution in [2.24, 2.45) is 0 Å². The van der Waals surface area contributed by atoms with E-state index in [-0.39, 0.29) is 6.54 Å². The molecule has 1 aliphatic rings. The third-order valence-corrected chi connectivity index (χ3v) is 5.31. The number of fused-ring (bicyclic) bond motifs is 1. The zero-order chi connectivity index (χ0) is 19.8. The summed E-state index contributed by atoms with van der Waals surface area (Å²) in [5.74, 6) is 0.629. The molecule has 0 aliphatic carbocycles. The van der Waals surface area contributed by atoms with Crippen molar-refractivity contribution in [2.75, 3.05) is 0 Å². The van der Waals surface area contributed by atoms with E-state index in [0.29, 0.717) is 16.3 Å². The molecule has 0 aromatic heterocycles. The molecule has 1 heterocycles. The maximum Gasteiger partial charge on any atom is 0.232 e. The first-order chi connectivity index (χ1) is 12.7. The molecule has 0 bridgehead atoms. The maximum absolute atomic E-state index is 10.9. The van der Waals surface area contributed by atoms with E-state index in [0.717, 1.165) is 27.8 Å². The van der Waals surface area contributed by atoms with Gasteiger partial charge in [-0.3, -0.25) is 4.55 Å². The third-order valence-electron chi connectivity index (χ3n) is 4.49. The van der Waals surface area contributed by atoms with Crippen LogP contribution in [-0.4, -0.2) is 14.4 Å². The van der Waals surface area contributed by atoms with Gasteiger partial charge in [-0.1, -0.05) is 29.8 Å². The summed E-state index contributed by atoms with van der Waals surface area (Å²) in [6.45, 7) is 5.86. The van der Waals surface area contributed by atoms with Gasteiger partial charge in [0.1, 0.15) is 11.4 Å². The molecule has 3 rings (SSSR count). The molecule has 1 atom stereocenters. The summed E-state index contributed by atoms with van der Waals surface area (Å²) in [6, 6.07) is 13.5. The smallest absolute Gasteiger partial charge is 0.232 e. The van der Waals surface area contributed by atoms with Crippen molar-refractivity contribution in [2.45, 2.75) is 32.9 Å². The Morgan fingerprint density at radius 3 is 2.67 bits per heavy atom. The third kappa shape index (κ3) is 3.92. The second kappa shape index (κ2) is 7.45.